The summed E-state index contributed by atoms with van der Waals surface area (Å²) in [6.45, 7) is 1.78. The van der Waals surface area contributed by atoms with Gasteiger partial charge in [0.25, 0.3) is 5.91 Å². The van der Waals surface area contributed by atoms with E-state index in [1.807, 2.05) is 0 Å². The number of benzene rings is 1. The number of nitrogens with two attached hydrogens (primary N) is 1. The van der Waals surface area contributed by atoms with Gasteiger partial charge in [-0.25, -0.2) is 9.37 Å². The number of halogens is 1. The maximum Gasteiger partial charge on any atom is 0.252 e. The third kappa shape index (κ3) is 2.65. The van der Waals surface area contributed by atoms with Crippen molar-refractivity contribution < 1.29 is 9.18 Å². The minimum absolute atomic E-state index is 0.186. The van der Waals surface area contributed by atoms with E-state index in [-0.39, 0.29) is 17.3 Å². The number of nitrogens with one attached hydrogen (secondary N) is 2. The summed E-state index contributed by atoms with van der Waals surface area (Å²) in [5.74, 6) is -0.302. The largest absolute Gasteiger partial charge is 0.399 e. The zero-order valence-electron chi connectivity index (χ0n) is 9.77. The number of H-pyrrole nitrogens is 1. The van der Waals surface area contributed by atoms with Crippen LogP contribution in [0.15, 0.2) is 30.6 Å². The fourth-order valence-corrected chi connectivity index (χ4v) is 1.61. The number of carbonyl (C=O) groups excluding carboxylic acids is 1. The Morgan fingerprint density at radius 3 is 2.89 bits per heavy atom. The summed E-state index contributed by atoms with van der Waals surface area (Å²) >= 11 is 0. The minimum atomic E-state index is -0.536. The Kier molecular flexibility index (Phi) is 3.27. The zero-order valence-corrected chi connectivity index (χ0v) is 9.77. The number of nitrogens with zero attached hydrogens (tertiary/aromatic N) is 1. The summed E-state index contributed by atoms with van der Waals surface area (Å²) in [4.78, 5) is 18.8. The van der Waals surface area contributed by atoms with E-state index in [9.17, 15) is 9.18 Å². The molecule has 1 atom stereocenters. The lowest BCUT2D eigenvalue weighted by atomic mass is 10.1. The normalized spacial score (nSPS) is 12.1. The van der Waals surface area contributed by atoms with Crippen molar-refractivity contribution in [3.63, 3.8) is 0 Å². The van der Waals surface area contributed by atoms with Crippen LogP contribution >= 0.6 is 0 Å². The van der Waals surface area contributed by atoms with Crippen LogP contribution in [0.25, 0.3) is 0 Å². The monoisotopic (exact) mass is 248 g/mol. The van der Waals surface area contributed by atoms with Crippen LogP contribution in [-0.4, -0.2) is 15.9 Å². The number of carbonyl (C=O) groups is 1. The number of hydrogen-bond donors (Lipinski definition) is 3. The average Bonchev–Trinajstić information content (AvgIpc) is 2.80. The molecular weight excluding hydrogens is 235 g/mol. The van der Waals surface area contributed by atoms with Crippen molar-refractivity contribution in [1.29, 1.82) is 0 Å². The number of aromatic nitrogens is 2. The standard InChI is InChI=1S/C12H13FN4O/c1-7(11-15-2-3-16-11)17-12(18)8-4-9(13)6-10(14)5-8/h2-7H,14H2,1H3,(H,15,16)(H,17,18). The van der Waals surface area contributed by atoms with E-state index in [1.54, 1.807) is 19.3 Å². The fraction of sp³-hybridized carbons (Fsp3) is 0.167. The van der Waals surface area contributed by atoms with Crippen LogP contribution in [0.3, 0.4) is 0 Å². The molecule has 0 aliphatic heterocycles. The molecule has 2 aromatic rings. The number of amides is 1. The molecule has 0 radical (unpaired) electrons. The Labute approximate surface area is 103 Å². The Bertz CT molecular complexity index is 533. The molecule has 94 valence electrons. The van der Waals surface area contributed by atoms with Crippen LogP contribution in [0.1, 0.15) is 29.1 Å². The van der Waals surface area contributed by atoms with E-state index in [2.05, 4.69) is 15.3 Å². The second-order valence-electron chi connectivity index (χ2n) is 3.94. The first-order valence-corrected chi connectivity index (χ1v) is 5.42. The van der Waals surface area contributed by atoms with Crippen LogP contribution in [-0.2, 0) is 0 Å². The third-order valence-corrected chi connectivity index (χ3v) is 2.46. The second kappa shape index (κ2) is 4.87. The molecule has 0 aliphatic carbocycles. The van der Waals surface area contributed by atoms with Gasteiger partial charge in [-0.2, -0.15) is 0 Å². The van der Waals surface area contributed by atoms with Gasteiger partial charge in [0.1, 0.15) is 11.6 Å². The fourth-order valence-electron chi connectivity index (χ4n) is 1.61. The van der Waals surface area contributed by atoms with E-state index in [4.69, 9.17) is 5.73 Å². The molecule has 6 heteroatoms. The van der Waals surface area contributed by atoms with Crippen molar-refractivity contribution in [2.75, 3.05) is 5.73 Å². The molecule has 0 bridgehead atoms. The molecule has 4 N–H and O–H groups in total. The molecule has 0 saturated heterocycles. The van der Waals surface area contributed by atoms with Gasteiger partial charge in [-0.1, -0.05) is 0 Å². The highest BCUT2D eigenvalue weighted by atomic mass is 19.1. The van der Waals surface area contributed by atoms with Gasteiger partial charge in [0.2, 0.25) is 0 Å². The van der Waals surface area contributed by atoms with E-state index < -0.39 is 11.7 Å². The molecule has 0 aliphatic rings. The maximum atomic E-state index is 13.1. The quantitative estimate of drug-likeness (QED) is 0.722. The summed E-state index contributed by atoms with van der Waals surface area (Å²) in [6.07, 6.45) is 3.26. The Morgan fingerprint density at radius 2 is 2.28 bits per heavy atom. The first-order chi connectivity index (χ1) is 8.56. The van der Waals surface area contributed by atoms with Crippen LogP contribution in [0.5, 0.6) is 0 Å². The minimum Gasteiger partial charge on any atom is -0.399 e. The van der Waals surface area contributed by atoms with E-state index >= 15 is 0 Å². The number of hydrogen-bond acceptors (Lipinski definition) is 3. The Morgan fingerprint density at radius 1 is 1.50 bits per heavy atom. The number of anilines is 1. The lowest BCUT2D eigenvalue weighted by molar-refractivity contribution is 0.0938. The highest BCUT2D eigenvalue weighted by molar-refractivity contribution is 5.95. The van der Waals surface area contributed by atoms with Gasteiger partial charge in [-0.3, -0.25) is 4.79 Å². The molecule has 5 nitrogen and oxygen atoms in total. The first-order valence-electron chi connectivity index (χ1n) is 5.42. The van der Waals surface area contributed by atoms with Gasteiger partial charge >= 0.3 is 0 Å². The van der Waals surface area contributed by atoms with Gasteiger partial charge < -0.3 is 16.0 Å². The summed E-state index contributed by atoms with van der Waals surface area (Å²) in [5.41, 5.74) is 5.88. The van der Waals surface area contributed by atoms with Gasteiger partial charge in [0, 0.05) is 23.6 Å². The van der Waals surface area contributed by atoms with E-state index in [0.717, 1.165) is 12.1 Å². The molecule has 0 spiro atoms. The van der Waals surface area contributed by atoms with Gasteiger partial charge in [0.15, 0.2) is 0 Å². The van der Waals surface area contributed by atoms with Crippen LogP contribution in [0.4, 0.5) is 10.1 Å². The highest BCUT2D eigenvalue weighted by Crippen LogP contribution is 2.12. The number of aromatic amines is 1. The van der Waals surface area contributed by atoms with Crippen molar-refractivity contribution in [3.8, 4) is 0 Å². The summed E-state index contributed by atoms with van der Waals surface area (Å²) in [5, 5.41) is 2.70. The molecule has 1 aromatic heterocycles. The van der Waals surface area contributed by atoms with Crippen LogP contribution in [0.2, 0.25) is 0 Å². The molecule has 0 saturated carbocycles. The second-order valence-corrected chi connectivity index (χ2v) is 3.94. The van der Waals surface area contributed by atoms with Crippen LogP contribution in [0, 0.1) is 5.82 Å². The predicted molar refractivity (Wildman–Crippen MR) is 65.3 cm³/mol. The summed E-state index contributed by atoms with van der Waals surface area (Å²) in [7, 11) is 0. The topological polar surface area (TPSA) is 83.8 Å². The Balaban J connectivity index is 2.12. The number of nitrogen functional groups attached to an aromatic ring is 1. The van der Waals surface area contributed by atoms with Crippen LogP contribution < -0.4 is 11.1 Å². The number of rotatable bonds is 3. The van der Waals surface area contributed by atoms with E-state index in [0.29, 0.717) is 5.82 Å². The predicted octanol–water partition coefficient (Wildman–Crippen LogP) is 1.62. The van der Waals surface area contributed by atoms with Gasteiger partial charge in [-0.15, -0.1) is 0 Å². The van der Waals surface area contributed by atoms with Crippen molar-refractivity contribution in [2.24, 2.45) is 0 Å². The molecular formula is C12H13FN4O. The summed E-state index contributed by atoms with van der Waals surface area (Å²) < 4.78 is 13.1. The average molecular weight is 248 g/mol. The van der Waals surface area contributed by atoms with Crippen molar-refractivity contribution >= 4 is 11.6 Å². The lowest BCUT2D eigenvalue weighted by Crippen LogP contribution is -2.27. The zero-order chi connectivity index (χ0) is 13.1. The van der Waals surface area contributed by atoms with E-state index in [1.165, 1.54) is 6.07 Å². The highest BCUT2D eigenvalue weighted by Gasteiger charge is 2.14. The molecule has 0 fully saturated rings. The molecule has 1 aromatic carbocycles. The molecule has 1 heterocycles. The molecule has 2 rings (SSSR count). The SMILES string of the molecule is CC(NC(=O)c1cc(N)cc(F)c1)c1ncc[nH]1. The lowest BCUT2D eigenvalue weighted by Gasteiger charge is -2.11. The molecule has 18 heavy (non-hydrogen) atoms. The van der Waals surface area contributed by atoms with Gasteiger partial charge in [-0.05, 0) is 25.1 Å². The number of imidazole rings is 1. The van der Waals surface area contributed by atoms with Crippen molar-refractivity contribution in [2.45, 2.75) is 13.0 Å². The van der Waals surface area contributed by atoms with Gasteiger partial charge in [0.05, 0.1) is 6.04 Å². The Hall–Kier alpha value is -2.37. The van der Waals surface area contributed by atoms with Crippen molar-refractivity contribution in [3.05, 3.63) is 47.8 Å². The maximum absolute atomic E-state index is 13.1. The smallest absolute Gasteiger partial charge is 0.252 e. The third-order valence-electron chi connectivity index (χ3n) is 2.46. The molecule has 1 amide bonds. The summed E-state index contributed by atoms with van der Waals surface area (Å²) in [6, 6.07) is 3.43. The molecule has 1 unspecified atom stereocenters. The van der Waals surface area contributed by atoms with Crippen molar-refractivity contribution in [1.82, 2.24) is 15.3 Å². The first kappa shape index (κ1) is 12.1.